The Morgan fingerprint density at radius 1 is 1.02 bits per heavy atom. The van der Waals surface area contributed by atoms with E-state index < -0.39 is 51.2 Å². The minimum atomic E-state index is -4.03. The van der Waals surface area contributed by atoms with E-state index in [1.54, 1.807) is 6.92 Å². The average Bonchev–Trinajstić information content (AvgIpc) is 3.39. The van der Waals surface area contributed by atoms with Gasteiger partial charge in [0, 0.05) is 56.6 Å². The van der Waals surface area contributed by atoms with Crippen molar-refractivity contribution in [2.24, 2.45) is 0 Å². The number of aromatic nitrogens is 2. The Bertz CT molecular complexity index is 1900. The molecular formula is C32H32F4N6O4S2. The molecule has 48 heavy (non-hydrogen) atoms. The van der Waals surface area contributed by atoms with Gasteiger partial charge in [-0.05, 0) is 55.2 Å². The Kier molecular flexibility index (Phi) is 10.9. The normalized spacial score (nSPS) is 16.0. The van der Waals surface area contributed by atoms with E-state index in [4.69, 9.17) is 0 Å². The molecule has 2 atom stereocenters. The molecule has 2 aromatic carbocycles. The van der Waals surface area contributed by atoms with Gasteiger partial charge >= 0.3 is 0 Å². The average molecular weight is 705 g/mol. The van der Waals surface area contributed by atoms with E-state index in [-0.39, 0.29) is 70.1 Å². The predicted molar refractivity (Wildman–Crippen MR) is 172 cm³/mol. The van der Waals surface area contributed by atoms with Gasteiger partial charge in [0.15, 0.2) is 9.34 Å². The Balaban J connectivity index is 1.35. The van der Waals surface area contributed by atoms with Gasteiger partial charge in [0.2, 0.25) is 11.8 Å². The summed E-state index contributed by atoms with van der Waals surface area (Å²) in [6, 6.07) is 7.47. The highest BCUT2D eigenvalue weighted by molar-refractivity contribution is 7.91. The van der Waals surface area contributed by atoms with Crippen LogP contribution >= 0.6 is 11.3 Å². The first-order valence-corrected chi connectivity index (χ1v) is 17.2. The third-order valence-electron chi connectivity index (χ3n) is 7.83. The summed E-state index contributed by atoms with van der Waals surface area (Å²) in [7, 11) is -4.03. The number of pyridine rings is 1. The number of amides is 2. The highest BCUT2D eigenvalue weighted by Crippen LogP contribution is 2.33. The first-order valence-electron chi connectivity index (χ1n) is 14.9. The summed E-state index contributed by atoms with van der Waals surface area (Å²) in [6.07, 6.45) is 2.13. The van der Waals surface area contributed by atoms with Crippen LogP contribution in [-0.2, 0) is 26.0 Å². The molecule has 1 saturated heterocycles. The molecule has 4 aromatic rings. The first-order chi connectivity index (χ1) is 22.8. The summed E-state index contributed by atoms with van der Waals surface area (Å²) in [5, 5.41) is 8.49. The third kappa shape index (κ3) is 8.24. The zero-order valence-corrected chi connectivity index (χ0v) is 27.5. The number of halogens is 4. The van der Waals surface area contributed by atoms with Gasteiger partial charge in [-0.15, -0.1) is 0 Å². The number of piperazine rings is 1. The van der Waals surface area contributed by atoms with Crippen LogP contribution in [0.2, 0.25) is 0 Å². The molecule has 16 heteroatoms. The molecule has 1 fully saturated rings. The number of rotatable bonds is 11. The van der Waals surface area contributed by atoms with Crippen LogP contribution in [0, 0.1) is 30.2 Å². The number of hydrogen-bond donors (Lipinski definition) is 3. The van der Waals surface area contributed by atoms with E-state index in [1.165, 1.54) is 41.7 Å². The lowest BCUT2D eigenvalue weighted by molar-refractivity contribution is -0.116. The van der Waals surface area contributed by atoms with Gasteiger partial charge in [-0.2, -0.15) is 4.31 Å². The van der Waals surface area contributed by atoms with Crippen LogP contribution in [0.1, 0.15) is 48.1 Å². The number of anilines is 2. The Labute approximate surface area is 278 Å². The lowest BCUT2D eigenvalue weighted by Crippen LogP contribution is -2.53. The summed E-state index contributed by atoms with van der Waals surface area (Å²) in [4.78, 5) is 32.9. The second kappa shape index (κ2) is 14.9. The molecule has 1 aliphatic rings. The number of nitrogens with one attached hydrogen (secondary N) is 3. The van der Waals surface area contributed by atoms with E-state index in [1.807, 2.05) is 0 Å². The highest BCUT2D eigenvalue weighted by atomic mass is 32.2. The van der Waals surface area contributed by atoms with E-state index in [0.717, 1.165) is 29.7 Å². The number of carbonyl (C=O) groups excluding carboxylic acids is 2. The number of sulfonamides is 1. The molecule has 2 aromatic heterocycles. The van der Waals surface area contributed by atoms with Gasteiger partial charge in [-0.3, -0.25) is 14.6 Å². The Morgan fingerprint density at radius 3 is 2.42 bits per heavy atom. The number of thiazole rings is 1. The Hall–Kier alpha value is -4.25. The van der Waals surface area contributed by atoms with Crippen LogP contribution in [0.5, 0.6) is 0 Å². The monoisotopic (exact) mass is 704 g/mol. The topological polar surface area (TPSA) is 133 Å². The maximum absolute atomic E-state index is 15.2. The van der Waals surface area contributed by atoms with Crippen LogP contribution < -0.4 is 16.0 Å². The summed E-state index contributed by atoms with van der Waals surface area (Å²) in [5.74, 6) is -4.81. The number of carbonyl (C=O) groups is 2. The van der Waals surface area contributed by atoms with Gasteiger partial charge in [-0.25, -0.2) is 31.0 Å². The zero-order valence-electron chi connectivity index (χ0n) is 25.9. The molecule has 0 saturated carbocycles. The minimum Gasteiger partial charge on any atom is -0.324 e. The van der Waals surface area contributed by atoms with Crippen molar-refractivity contribution in [1.82, 2.24) is 19.6 Å². The number of nitrogens with zero attached hydrogens (tertiary/aromatic N) is 3. The van der Waals surface area contributed by atoms with Crippen molar-refractivity contribution in [2.45, 2.75) is 49.3 Å². The van der Waals surface area contributed by atoms with Gasteiger partial charge in [0.05, 0.1) is 23.8 Å². The molecule has 2 amide bonds. The second-order valence-corrected chi connectivity index (χ2v) is 14.4. The standard InChI is InChI=1S/C32H32F4N6O4S2/c1-18-31(47-32(39-18)40-19(2)43)48(45,46)42-10-9-37-15-25(42)7-8-26-28(36)16-38-17-29(26)41-30(44)14-27(20-3-5-22(33)6-4-20)21-11-23(34)13-24(35)12-21/h3-6,11-13,16-17,25,27,37H,7-10,14-15H2,1-2H3,(H,41,44)(H,39,40,43)/t25-,27?/m0/s1. The van der Waals surface area contributed by atoms with Gasteiger partial charge in [-0.1, -0.05) is 23.5 Å². The fourth-order valence-corrected chi connectivity index (χ4v) is 8.89. The highest BCUT2D eigenvalue weighted by Gasteiger charge is 2.36. The SMILES string of the molecule is CC(=O)Nc1nc(C)c(S(=O)(=O)N2CCNC[C@@H]2CCc2c(F)cncc2NC(=O)CC(c2ccc(F)cc2)c2cc(F)cc(F)c2)s1. The maximum Gasteiger partial charge on any atom is 0.254 e. The van der Waals surface area contributed by atoms with Gasteiger partial charge in [0.1, 0.15) is 23.3 Å². The maximum atomic E-state index is 15.2. The smallest absolute Gasteiger partial charge is 0.254 e. The summed E-state index contributed by atoms with van der Waals surface area (Å²) < 4.78 is 86.0. The van der Waals surface area contributed by atoms with Crippen molar-refractivity contribution < 1.29 is 35.6 Å². The van der Waals surface area contributed by atoms with Crippen LogP contribution in [-0.4, -0.2) is 60.2 Å². The minimum absolute atomic E-state index is 0.00455. The zero-order chi connectivity index (χ0) is 34.6. The van der Waals surface area contributed by atoms with E-state index in [0.29, 0.717) is 18.2 Å². The number of hydrogen-bond acceptors (Lipinski definition) is 8. The molecule has 0 spiro atoms. The molecular weight excluding hydrogens is 673 g/mol. The second-order valence-electron chi connectivity index (χ2n) is 11.3. The summed E-state index contributed by atoms with van der Waals surface area (Å²) in [6.45, 7) is 3.66. The van der Waals surface area contributed by atoms with Crippen LogP contribution in [0.3, 0.4) is 0 Å². The largest absolute Gasteiger partial charge is 0.324 e. The van der Waals surface area contributed by atoms with Crippen LogP contribution in [0.4, 0.5) is 28.4 Å². The fraction of sp³-hybridized carbons (Fsp3) is 0.312. The number of aryl methyl sites for hydroxylation is 1. The molecule has 10 nitrogen and oxygen atoms in total. The van der Waals surface area contributed by atoms with Crippen LogP contribution in [0.25, 0.3) is 0 Å². The van der Waals surface area contributed by atoms with Crippen molar-refractivity contribution in [1.29, 1.82) is 0 Å². The van der Waals surface area contributed by atoms with Gasteiger partial charge in [0.25, 0.3) is 10.0 Å². The molecule has 1 unspecified atom stereocenters. The third-order valence-corrected chi connectivity index (χ3v) is 11.4. The molecule has 0 radical (unpaired) electrons. The molecule has 5 rings (SSSR count). The van der Waals surface area contributed by atoms with E-state index in [9.17, 15) is 31.2 Å². The lowest BCUT2D eigenvalue weighted by atomic mass is 9.88. The van der Waals surface area contributed by atoms with Crippen LogP contribution in [0.15, 0.2) is 59.1 Å². The fourth-order valence-electron chi connectivity index (χ4n) is 5.66. The molecule has 254 valence electrons. The quantitative estimate of drug-likeness (QED) is 0.185. The lowest BCUT2D eigenvalue weighted by Gasteiger charge is -2.35. The molecule has 3 heterocycles. The predicted octanol–water partition coefficient (Wildman–Crippen LogP) is 5.12. The molecule has 0 aliphatic carbocycles. The number of benzene rings is 2. The van der Waals surface area contributed by atoms with E-state index >= 15 is 4.39 Å². The van der Waals surface area contributed by atoms with Crippen molar-refractivity contribution in [3.8, 4) is 0 Å². The first kappa shape index (κ1) is 35.1. The van der Waals surface area contributed by atoms with Crippen molar-refractivity contribution in [3.63, 3.8) is 0 Å². The Morgan fingerprint density at radius 2 is 1.73 bits per heavy atom. The molecule has 3 N–H and O–H groups in total. The van der Waals surface area contributed by atoms with Crippen molar-refractivity contribution in [3.05, 3.63) is 101 Å². The molecule has 1 aliphatic heterocycles. The van der Waals surface area contributed by atoms with Crippen molar-refractivity contribution >= 4 is 44.0 Å². The van der Waals surface area contributed by atoms with Gasteiger partial charge < -0.3 is 16.0 Å². The summed E-state index contributed by atoms with van der Waals surface area (Å²) in [5.41, 5.74) is 0.975. The van der Waals surface area contributed by atoms with E-state index in [2.05, 4.69) is 25.9 Å². The van der Waals surface area contributed by atoms with Crippen molar-refractivity contribution in [2.75, 3.05) is 30.3 Å². The molecule has 0 bridgehead atoms. The summed E-state index contributed by atoms with van der Waals surface area (Å²) >= 11 is 0.851.